The zero-order valence-electron chi connectivity index (χ0n) is 5.84. The lowest BCUT2D eigenvalue weighted by Gasteiger charge is -2.16. The summed E-state index contributed by atoms with van der Waals surface area (Å²) in [6, 6.07) is 0. The Kier molecular flexibility index (Phi) is 1.24. The molecule has 52 valence electrons. The normalized spacial score (nSPS) is 43.7. The summed E-state index contributed by atoms with van der Waals surface area (Å²) in [5.74, 6) is 0.856. The van der Waals surface area contributed by atoms with Gasteiger partial charge in [0.15, 0.2) is 0 Å². The molecule has 2 aliphatic rings. The van der Waals surface area contributed by atoms with E-state index in [-0.39, 0.29) is 0 Å². The van der Waals surface area contributed by atoms with E-state index in [0.29, 0.717) is 6.23 Å². The van der Waals surface area contributed by atoms with Crippen LogP contribution in [0.4, 0.5) is 0 Å². The smallest absolute Gasteiger partial charge is 0.113 e. The van der Waals surface area contributed by atoms with Crippen molar-refractivity contribution >= 4 is 0 Å². The van der Waals surface area contributed by atoms with Crippen molar-refractivity contribution in [1.82, 2.24) is 4.90 Å². The van der Waals surface area contributed by atoms with E-state index in [2.05, 4.69) is 11.9 Å². The third kappa shape index (κ3) is 0.775. The molecule has 2 fully saturated rings. The van der Waals surface area contributed by atoms with E-state index in [0.717, 1.165) is 12.5 Å². The molecule has 2 aliphatic heterocycles. The Bertz CT molecular complexity index is 115. The van der Waals surface area contributed by atoms with Gasteiger partial charge in [0.05, 0.1) is 0 Å². The highest BCUT2D eigenvalue weighted by Crippen LogP contribution is 2.31. The summed E-state index contributed by atoms with van der Waals surface area (Å²) in [6.07, 6.45) is 3.11. The van der Waals surface area contributed by atoms with E-state index in [1.807, 2.05) is 0 Å². The van der Waals surface area contributed by atoms with Crippen molar-refractivity contribution in [2.75, 3.05) is 20.2 Å². The highest BCUT2D eigenvalue weighted by molar-refractivity contribution is 4.82. The van der Waals surface area contributed by atoms with Crippen LogP contribution in [0.5, 0.6) is 0 Å². The predicted octanol–water partition coefficient (Wildman–Crippen LogP) is 0.684. The van der Waals surface area contributed by atoms with Crippen LogP contribution in [0.25, 0.3) is 0 Å². The SMILES string of the molecule is CN1CCC2CCO[C@@H]21. The van der Waals surface area contributed by atoms with Gasteiger partial charge in [-0.25, -0.2) is 0 Å². The second-order valence-corrected chi connectivity index (χ2v) is 3.08. The zero-order chi connectivity index (χ0) is 6.27. The Balaban J connectivity index is 2.07. The second kappa shape index (κ2) is 1.96. The fourth-order valence-electron chi connectivity index (χ4n) is 1.89. The lowest BCUT2D eigenvalue weighted by atomic mass is 10.1. The van der Waals surface area contributed by atoms with Crippen molar-refractivity contribution < 1.29 is 4.74 Å². The largest absolute Gasteiger partial charge is 0.363 e. The van der Waals surface area contributed by atoms with E-state index < -0.39 is 0 Å². The monoisotopic (exact) mass is 127 g/mol. The van der Waals surface area contributed by atoms with E-state index in [4.69, 9.17) is 4.74 Å². The van der Waals surface area contributed by atoms with Crippen LogP contribution in [-0.2, 0) is 4.74 Å². The standard InChI is InChI=1S/C7H13NO/c1-8-4-2-6-3-5-9-7(6)8/h6-7H,2-5H2,1H3/t6?,7-/m0/s1. The van der Waals surface area contributed by atoms with Gasteiger partial charge in [0, 0.05) is 19.1 Å². The number of hydrogen-bond donors (Lipinski definition) is 0. The van der Waals surface area contributed by atoms with Crippen LogP contribution in [0, 0.1) is 5.92 Å². The van der Waals surface area contributed by atoms with E-state index in [1.54, 1.807) is 0 Å². The van der Waals surface area contributed by atoms with Gasteiger partial charge in [-0.2, -0.15) is 0 Å². The molecule has 0 aromatic rings. The van der Waals surface area contributed by atoms with Crippen molar-refractivity contribution in [3.05, 3.63) is 0 Å². The first kappa shape index (κ1) is 5.69. The summed E-state index contributed by atoms with van der Waals surface area (Å²) in [7, 11) is 2.15. The number of hydrogen-bond acceptors (Lipinski definition) is 2. The zero-order valence-corrected chi connectivity index (χ0v) is 5.84. The third-order valence-corrected chi connectivity index (χ3v) is 2.47. The van der Waals surface area contributed by atoms with Gasteiger partial charge in [0.2, 0.25) is 0 Å². The van der Waals surface area contributed by atoms with Crippen molar-refractivity contribution in [1.29, 1.82) is 0 Å². The summed E-state index contributed by atoms with van der Waals surface area (Å²) in [5, 5.41) is 0. The van der Waals surface area contributed by atoms with Gasteiger partial charge < -0.3 is 4.74 Å². The minimum atomic E-state index is 0.477. The molecule has 0 bridgehead atoms. The maximum Gasteiger partial charge on any atom is 0.113 e. The van der Waals surface area contributed by atoms with Crippen LogP contribution in [0.3, 0.4) is 0 Å². The van der Waals surface area contributed by atoms with Crippen molar-refractivity contribution in [2.45, 2.75) is 19.1 Å². The number of nitrogens with zero attached hydrogens (tertiary/aromatic N) is 1. The Morgan fingerprint density at radius 2 is 2.33 bits per heavy atom. The van der Waals surface area contributed by atoms with E-state index in [9.17, 15) is 0 Å². The Hall–Kier alpha value is -0.0800. The lowest BCUT2D eigenvalue weighted by molar-refractivity contribution is 0.00710. The average Bonchev–Trinajstić information content (AvgIpc) is 2.35. The summed E-state index contributed by atoms with van der Waals surface area (Å²) < 4.78 is 5.52. The number of rotatable bonds is 0. The van der Waals surface area contributed by atoms with Gasteiger partial charge in [-0.05, 0) is 19.9 Å². The Morgan fingerprint density at radius 3 is 3.11 bits per heavy atom. The molecule has 0 aliphatic carbocycles. The molecule has 2 heterocycles. The first-order valence-corrected chi connectivity index (χ1v) is 3.70. The van der Waals surface area contributed by atoms with Crippen LogP contribution >= 0.6 is 0 Å². The molecular formula is C7H13NO. The Labute approximate surface area is 55.8 Å². The molecular weight excluding hydrogens is 114 g/mol. The van der Waals surface area contributed by atoms with Gasteiger partial charge in [-0.15, -0.1) is 0 Å². The molecule has 2 heteroatoms. The van der Waals surface area contributed by atoms with Gasteiger partial charge in [0.1, 0.15) is 6.23 Å². The van der Waals surface area contributed by atoms with Gasteiger partial charge in [-0.3, -0.25) is 4.90 Å². The molecule has 2 rings (SSSR count). The fraction of sp³-hybridized carbons (Fsp3) is 1.00. The average molecular weight is 127 g/mol. The van der Waals surface area contributed by atoms with Crippen LogP contribution < -0.4 is 0 Å². The molecule has 0 spiro atoms. The quantitative estimate of drug-likeness (QED) is 0.474. The topological polar surface area (TPSA) is 12.5 Å². The molecule has 1 unspecified atom stereocenters. The maximum atomic E-state index is 5.52. The van der Waals surface area contributed by atoms with Crippen molar-refractivity contribution in [3.63, 3.8) is 0 Å². The molecule has 2 atom stereocenters. The van der Waals surface area contributed by atoms with Gasteiger partial charge in [-0.1, -0.05) is 0 Å². The van der Waals surface area contributed by atoms with Crippen molar-refractivity contribution in [3.8, 4) is 0 Å². The molecule has 2 saturated heterocycles. The fourth-order valence-corrected chi connectivity index (χ4v) is 1.89. The lowest BCUT2D eigenvalue weighted by Crippen LogP contribution is -2.27. The maximum absolute atomic E-state index is 5.52. The van der Waals surface area contributed by atoms with Crippen LogP contribution in [0.15, 0.2) is 0 Å². The summed E-state index contributed by atoms with van der Waals surface area (Å²) >= 11 is 0. The number of likely N-dealkylation sites (tertiary alicyclic amines) is 1. The highest BCUT2D eigenvalue weighted by Gasteiger charge is 2.36. The van der Waals surface area contributed by atoms with Gasteiger partial charge >= 0.3 is 0 Å². The third-order valence-electron chi connectivity index (χ3n) is 2.47. The van der Waals surface area contributed by atoms with Crippen LogP contribution in [0.2, 0.25) is 0 Å². The summed E-state index contributed by atoms with van der Waals surface area (Å²) in [5.41, 5.74) is 0. The number of ether oxygens (including phenoxy) is 1. The first-order chi connectivity index (χ1) is 4.38. The first-order valence-electron chi connectivity index (χ1n) is 3.70. The molecule has 0 N–H and O–H groups in total. The minimum Gasteiger partial charge on any atom is -0.363 e. The highest BCUT2D eigenvalue weighted by atomic mass is 16.5. The van der Waals surface area contributed by atoms with E-state index >= 15 is 0 Å². The molecule has 0 radical (unpaired) electrons. The van der Waals surface area contributed by atoms with Crippen molar-refractivity contribution in [2.24, 2.45) is 5.92 Å². The molecule has 0 saturated carbocycles. The van der Waals surface area contributed by atoms with Gasteiger partial charge in [0.25, 0.3) is 0 Å². The molecule has 0 aromatic carbocycles. The molecule has 2 nitrogen and oxygen atoms in total. The Morgan fingerprint density at radius 1 is 1.44 bits per heavy atom. The molecule has 9 heavy (non-hydrogen) atoms. The van der Waals surface area contributed by atoms with Crippen LogP contribution in [-0.4, -0.2) is 31.3 Å². The second-order valence-electron chi connectivity index (χ2n) is 3.08. The minimum absolute atomic E-state index is 0.477. The molecule has 0 aromatic heterocycles. The summed E-state index contributed by atoms with van der Waals surface area (Å²) in [4.78, 5) is 2.32. The van der Waals surface area contributed by atoms with Crippen LogP contribution in [0.1, 0.15) is 12.8 Å². The predicted molar refractivity (Wildman–Crippen MR) is 35.1 cm³/mol. The molecule has 0 amide bonds. The number of fused-ring (bicyclic) bond motifs is 1. The van der Waals surface area contributed by atoms with E-state index in [1.165, 1.54) is 19.4 Å². The summed E-state index contributed by atoms with van der Waals surface area (Å²) in [6.45, 7) is 2.22.